The summed E-state index contributed by atoms with van der Waals surface area (Å²) in [5.74, 6) is 0. The SMILES string of the molecule is CCc1cccc(CC)c1NCc1nonc1C. The highest BCUT2D eigenvalue weighted by atomic mass is 16.6. The second-order valence-corrected chi connectivity index (χ2v) is 4.31. The van der Waals surface area contributed by atoms with Crippen LogP contribution in [0.2, 0.25) is 0 Å². The normalized spacial score (nSPS) is 10.6. The van der Waals surface area contributed by atoms with Gasteiger partial charge in [0.15, 0.2) is 0 Å². The minimum absolute atomic E-state index is 0.652. The fraction of sp³-hybridized carbons (Fsp3) is 0.429. The van der Waals surface area contributed by atoms with E-state index in [-0.39, 0.29) is 0 Å². The number of hydrogen-bond donors (Lipinski definition) is 1. The van der Waals surface area contributed by atoms with E-state index in [2.05, 4.69) is 47.7 Å². The number of para-hydroxylation sites is 1. The molecule has 0 radical (unpaired) electrons. The van der Waals surface area contributed by atoms with Crippen molar-refractivity contribution in [3.63, 3.8) is 0 Å². The first-order valence-electron chi connectivity index (χ1n) is 6.38. The molecule has 1 N–H and O–H groups in total. The molecule has 1 aromatic carbocycles. The van der Waals surface area contributed by atoms with Crippen LogP contribution in [0.1, 0.15) is 36.4 Å². The summed E-state index contributed by atoms with van der Waals surface area (Å²) >= 11 is 0. The molecular formula is C14H19N3O. The minimum Gasteiger partial charge on any atom is -0.379 e. The van der Waals surface area contributed by atoms with Gasteiger partial charge in [-0.05, 0) is 30.9 Å². The van der Waals surface area contributed by atoms with Crippen LogP contribution >= 0.6 is 0 Å². The van der Waals surface area contributed by atoms with Gasteiger partial charge in [0.05, 0.1) is 6.54 Å². The van der Waals surface area contributed by atoms with Crippen molar-refractivity contribution in [3.05, 3.63) is 40.7 Å². The molecule has 0 unspecified atom stereocenters. The van der Waals surface area contributed by atoms with Crippen molar-refractivity contribution in [2.24, 2.45) is 0 Å². The second-order valence-electron chi connectivity index (χ2n) is 4.31. The Morgan fingerprint density at radius 2 is 1.78 bits per heavy atom. The maximum Gasteiger partial charge on any atom is 0.127 e. The van der Waals surface area contributed by atoms with Gasteiger partial charge in [-0.25, -0.2) is 4.63 Å². The Morgan fingerprint density at radius 1 is 1.11 bits per heavy atom. The average molecular weight is 245 g/mol. The summed E-state index contributed by atoms with van der Waals surface area (Å²) < 4.78 is 4.71. The summed E-state index contributed by atoms with van der Waals surface area (Å²) in [6.07, 6.45) is 2.04. The lowest BCUT2D eigenvalue weighted by atomic mass is 10.0. The Morgan fingerprint density at radius 3 is 2.28 bits per heavy atom. The minimum atomic E-state index is 0.652. The van der Waals surface area contributed by atoms with Crippen molar-refractivity contribution >= 4 is 5.69 Å². The Bertz CT molecular complexity index is 497. The zero-order valence-electron chi connectivity index (χ0n) is 11.2. The lowest BCUT2D eigenvalue weighted by molar-refractivity contribution is 0.301. The third kappa shape index (κ3) is 2.53. The van der Waals surface area contributed by atoms with Gasteiger partial charge in [0.1, 0.15) is 11.4 Å². The van der Waals surface area contributed by atoms with Crippen LogP contribution in [-0.4, -0.2) is 10.3 Å². The van der Waals surface area contributed by atoms with E-state index in [1.165, 1.54) is 16.8 Å². The Balaban J connectivity index is 2.20. The molecule has 0 aliphatic rings. The second kappa shape index (κ2) is 5.67. The van der Waals surface area contributed by atoms with Crippen molar-refractivity contribution in [3.8, 4) is 0 Å². The number of rotatable bonds is 5. The van der Waals surface area contributed by atoms with E-state index < -0.39 is 0 Å². The van der Waals surface area contributed by atoms with Crippen molar-refractivity contribution in [2.75, 3.05) is 5.32 Å². The van der Waals surface area contributed by atoms with Crippen LogP contribution in [0.3, 0.4) is 0 Å². The lowest BCUT2D eigenvalue weighted by Crippen LogP contribution is -2.06. The van der Waals surface area contributed by atoms with E-state index in [1.807, 2.05) is 6.92 Å². The monoisotopic (exact) mass is 245 g/mol. The fourth-order valence-corrected chi connectivity index (χ4v) is 2.05. The fourth-order valence-electron chi connectivity index (χ4n) is 2.05. The maximum atomic E-state index is 4.71. The molecule has 96 valence electrons. The molecule has 18 heavy (non-hydrogen) atoms. The molecule has 0 saturated heterocycles. The van der Waals surface area contributed by atoms with E-state index in [9.17, 15) is 0 Å². The Kier molecular flexibility index (Phi) is 3.97. The zero-order chi connectivity index (χ0) is 13.0. The zero-order valence-corrected chi connectivity index (χ0v) is 11.2. The molecular weight excluding hydrogens is 226 g/mol. The molecule has 4 nitrogen and oxygen atoms in total. The third-order valence-electron chi connectivity index (χ3n) is 3.18. The number of aromatic nitrogens is 2. The highest BCUT2D eigenvalue weighted by Crippen LogP contribution is 2.23. The van der Waals surface area contributed by atoms with Crippen molar-refractivity contribution in [1.29, 1.82) is 0 Å². The van der Waals surface area contributed by atoms with Gasteiger partial charge in [-0.2, -0.15) is 0 Å². The first-order valence-corrected chi connectivity index (χ1v) is 6.38. The third-order valence-corrected chi connectivity index (χ3v) is 3.18. The molecule has 0 atom stereocenters. The Hall–Kier alpha value is -1.84. The van der Waals surface area contributed by atoms with Gasteiger partial charge in [0.2, 0.25) is 0 Å². The van der Waals surface area contributed by atoms with Gasteiger partial charge >= 0.3 is 0 Å². The number of aryl methyl sites for hydroxylation is 3. The van der Waals surface area contributed by atoms with Crippen LogP contribution in [0, 0.1) is 6.92 Å². The molecule has 1 aromatic heterocycles. The molecule has 4 heteroatoms. The topological polar surface area (TPSA) is 51.0 Å². The molecule has 0 aliphatic carbocycles. The predicted molar refractivity (Wildman–Crippen MR) is 71.6 cm³/mol. The van der Waals surface area contributed by atoms with Gasteiger partial charge < -0.3 is 5.32 Å². The highest BCUT2D eigenvalue weighted by Gasteiger charge is 2.09. The van der Waals surface area contributed by atoms with Crippen LogP contribution in [0.4, 0.5) is 5.69 Å². The first-order chi connectivity index (χ1) is 8.76. The largest absolute Gasteiger partial charge is 0.379 e. The van der Waals surface area contributed by atoms with Gasteiger partial charge in [0.25, 0.3) is 0 Å². The summed E-state index contributed by atoms with van der Waals surface area (Å²) in [7, 11) is 0. The first kappa shape index (κ1) is 12.6. The Labute approximate surface area is 107 Å². The van der Waals surface area contributed by atoms with Crippen LogP contribution < -0.4 is 5.32 Å². The molecule has 0 saturated carbocycles. The van der Waals surface area contributed by atoms with Gasteiger partial charge in [-0.15, -0.1) is 0 Å². The summed E-state index contributed by atoms with van der Waals surface area (Å²) in [5, 5.41) is 11.1. The average Bonchev–Trinajstić information content (AvgIpc) is 2.81. The van der Waals surface area contributed by atoms with Crippen molar-refractivity contribution in [2.45, 2.75) is 40.2 Å². The quantitative estimate of drug-likeness (QED) is 0.879. The van der Waals surface area contributed by atoms with E-state index in [0.29, 0.717) is 6.54 Å². The van der Waals surface area contributed by atoms with Crippen LogP contribution in [0.15, 0.2) is 22.8 Å². The predicted octanol–water partition coefficient (Wildman–Crippen LogP) is 3.11. The van der Waals surface area contributed by atoms with Gasteiger partial charge in [0, 0.05) is 5.69 Å². The van der Waals surface area contributed by atoms with E-state index in [4.69, 9.17) is 4.63 Å². The molecule has 2 aromatic rings. The van der Waals surface area contributed by atoms with E-state index in [1.54, 1.807) is 0 Å². The van der Waals surface area contributed by atoms with Crippen molar-refractivity contribution < 1.29 is 4.63 Å². The number of hydrogen-bond acceptors (Lipinski definition) is 4. The number of benzene rings is 1. The maximum absolute atomic E-state index is 4.71. The van der Waals surface area contributed by atoms with E-state index >= 15 is 0 Å². The lowest BCUT2D eigenvalue weighted by Gasteiger charge is -2.14. The number of nitrogens with one attached hydrogen (secondary N) is 1. The van der Waals surface area contributed by atoms with Gasteiger partial charge in [-0.3, -0.25) is 0 Å². The summed E-state index contributed by atoms with van der Waals surface area (Å²) in [4.78, 5) is 0. The highest BCUT2D eigenvalue weighted by molar-refractivity contribution is 5.58. The van der Waals surface area contributed by atoms with Crippen LogP contribution in [-0.2, 0) is 19.4 Å². The van der Waals surface area contributed by atoms with Crippen LogP contribution in [0.25, 0.3) is 0 Å². The summed E-state index contributed by atoms with van der Waals surface area (Å²) in [5.41, 5.74) is 5.61. The molecule has 0 amide bonds. The standard InChI is InChI=1S/C14H19N3O/c1-4-11-7-6-8-12(5-2)14(11)15-9-13-10(3)16-18-17-13/h6-8,15H,4-5,9H2,1-3H3. The van der Waals surface area contributed by atoms with E-state index in [0.717, 1.165) is 24.2 Å². The summed E-state index contributed by atoms with van der Waals surface area (Å²) in [6.45, 7) is 6.89. The molecule has 1 heterocycles. The van der Waals surface area contributed by atoms with Crippen LogP contribution in [0.5, 0.6) is 0 Å². The number of anilines is 1. The smallest absolute Gasteiger partial charge is 0.127 e. The molecule has 2 rings (SSSR count). The van der Waals surface area contributed by atoms with Crippen molar-refractivity contribution in [1.82, 2.24) is 10.3 Å². The molecule has 0 spiro atoms. The molecule has 0 aliphatic heterocycles. The van der Waals surface area contributed by atoms with Gasteiger partial charge in [-0.1, -0.05) is 42.4 Å². The molecule has 0 fully saturated rings. The number of nitrogens with zero attached hydrogens (tertiary/aromatic N) is 2. The summed E-state index contributed by atoms with van der Waals surface area (Å²) in [6, 6.07) is 6.44. The molecule has 0 bridgehead atoms.